The van der Waals surface area contributed by atoms with Crippen LogP contribution in [0.4, 0.5) is 9.59 Å². The molecule has 4 heterocycles. The Hall–Kier alpha value is -2.36. The zero-order valence-corrected chi connectivity index (χ0v) is 16.7. The molecule has 4 atom stereocenters. The lowest BCUT2D eigenvalue weighted by Crippen LogP contribution is -2.36. The molecule has 3 aliphatic rings. The number of rotatable bonds is 2. The first-order valence-corrected chi connectivity index (χ1v) is 9.75. The molecule has 28 heavy (non-hydrogen) atoms. The highest BCUT2D eigenvalue weighted by Gasteiger charge is 2.47. The molecule has 3 aliphatic heterocycles. The van der Waals surface area contributed by atoms with Crippen LogP contribution < -0.4 is 0 Å². The highest BCUT2D eigenvalue weighted by atomic mass is 16.6. The Morgan fingerprint density at radius 2 is 1.86 bits per heavy atom. The number of piperidine rings is 1. The topological polar surface area (TPSA) is 112 Å². The fourth-order valence-electron chi connectivity index (χ4n) is 4.23. The number of urea groups is 1. The SMILES string of the molecule is C[C@@H]1C[C@@H](c2nnc([C@@H]3CC[C@@H]4CN3C(=O)N4O)o2)N(C(=O)OC(C)(C)C)C1. The molecule has 1 aromatic heterocycles. The van der Waals surface area contributed by atoms with Crippen molar-refractivity contribution in [3.05, 3.63) is 11.8 Å². The van der Waals surface area contributed by atoms with Crippen LogP contribution in [0.3, 0.4) is 0 Å². The Labute approximate surface area is 163 Å². The van der Waals surface area contributed by atoms with Crippen LogP contribution in [0.15, 0.2) is 4.42 Å². The van der Waals surface area contributed by atoms with Gasteiger partial charge in [0.25, 0.3) is 0 Å². The van der Waals surface area contributed by atoms with E-state index in [2.05, 4.69) is 17.1 Å². The highest BCUT2D eigenvalue weighted by Crippen LogP contribution is 2.40. The summed E-state index contributed by atoms with van der Waals surface area (Å²) in [6.07, 6.45) is 1.63. The molecule has 3 saturated heterocycles. The third-order valence-corrected chi connectivity index (χ3v) is 5.51. The Morgan fingerprint density at radius 3 is 2.54 bits per heavy atom. The first-order chi connectivity index (χ1) is 13.1. The number of hydrogen-bond donors (Lipinski definition) is 1. The van der Waals surface area contributed by atoms with E-state index in [4.69, 9.17) is 9.15 Å². The van der Waals surface area contributed by atoms with Crippen LogP contribution in [-0.2, 0) is 4.74 Å². The molecule has 1 aromatic rings. The van der Waals surface area contributed by atoms with Crippen LogP contribution >= 0.6 is 0 Å². The van der Waals surface area contributed by atoms with Crippen LogP contribution in [0, 0.1) is 5.92 Å². The number of aromatic nitrogens is 2. The molecule has 2 bridgehead atoms. The predicted octanol–water partition coefficient (Wildman–Crippen LogP) is 2.72. The average molecular weight is 393 g/mol. The molecule has 0 aliphatic carbocycles. The number of nitrogens with zero attached hydrogens (tertiary/aromatic N) is 5. The van der Waals surface area contributed by atoms with Crippen LogP contribution in [0.2, 0.25) is 0 Å². The van der Waals surface area contributed by atoms with Crippen molar-refractivity contribution in [2.45, 2.75) is 70.7 Å². The third kappa shape index (κ3) is 3.30. The van der Waals surface area contributed by atoms with Gasteiger partial charge in [0.05, 0.1) is 6.04 Å². The summed E-state index contributed by atoms with van der Waals surface area (Å²) < 4.78 is 11.5. The van der Waals surface area contributed by atoms with Crippen molar-refractivity contribution < 1.29 is 24.0 Å². The number of carbonyl (C=O) groups is 2. The fourth-order valence-corrected chi connectivity index (χ4v) is 4.23. The number of hydroxylamine groups is 2. The maximum Gasteiger partial charge on any atom is 0.410 e. The molecule has 0 aromatic carbocycles. The van der Waals surface area contributed by atoms with E-state index in [1.54, 1.807) is 9.80 Å². The van der Waals surface area contributed by atoms with Gasteiger partial charge in [-0.05, 0) is 46.0 Å². The van der Waals surface area contributed by atoms with Crippen LogP contribution in [-0.4, -0.2) is 67.1 Å². The van der Waals surface area contributed by atoms with Crippen molar-refractivity contribution in [2.24, 2.45) is 5.92 Å². The normalized spacial score (nSPS) is 30.3. The Balaban J connectivity index is 1.53. The number of ether oxygens (including phenoxy) is 1. The van der Waals surface area contributed by atoms with Crippen LogP contribution in [0.25, 0.3) is 0 Å². The number of likely N-dealkylation sites (tertiary alicyclic amines) is 1. The zero-order valence-electron chi connectivity index (χ0n) is 16.7. The molecule has 0 saturated carbocycles. The van der Waals surface area contributed by atoms with E-state index in [0.29, 0.717) is 44.1 Å². The van der Waals surface area contributed by atoms with Gasteiger partial charge in [-0.1, -0.05) is 6.92 Å². The average Bonchev–Trinajstić information content (AvgIpc) is 3.29. The molecule has 3 fully saturated rings. The molecule has 0 spiro atoms. The quantitative estimate of drug-likeness (QED) is 0.769. The van der Waals surface area contributed by atoms with Gasteiger partial charge in [-0.25, -0.2) is 14.7 Å². The van der Waals surface area contributed by atoms with Crippen molar-refractivity contribution in [1.82, 2.24) is 25.1 Å². The zero-order chi connectivity index (χ0) is 20.2. The predicted molar refractivity (Wildman–Crippen MR) is 95.3 cm³/mol. The summed E-state index contributed by atoms with van der Waals surface area (Å²) in [7, 11) is 0. The molecule has 154 valence electrons. The van der Waals surface area contributed by atoms with Crippen molar-refractivity contribution >= 4 is 12.1 Å². The summed E-state index contributed by atoms with van der Waals surface area (Å²) in [5, 5.41) is 19.0. The largest absolute Gasteiger partial charge is 0.444 e. The summed E-state index contributed by atoms with van der Waals surface area (Å²) in [5.41, 5.74) is -0.585. The second-order valence-electron chi connectivity index (χ2n) is 8.99. The number of fused-ring (bicyclic) bond motifs is 2. The van der Waals surface area contributed by atoms with E-state index >= 15 is 0 Å². The van der Waals surface area contributed by atoms with E-state index in [1.807, 2.05) is 20.8 Å². The van der Waals surface area contributed by atoms with Gasteiger partial charge in [0, 0.05) is 13.1 Å². The standard InChI is InChI=1S/C18H27N5O5/c1-10-7-13(22(8-10)17(25)28-18(2,3)4)15-20-19-14(27-15)12-6-5-11-9-21(12)16(24)23(11)26/h10-13,26H,5-9H2,1-4H3/t10-,11-,12+,13+/m1/s1. The lowest BCUT2D eigenvalue weighted by atomic mass is 10.0. The van der Waals surface area contributed by atoms with Gasteiger partial charge in [0.15, 0.2) is 0 Å². The summed E-state index contributed by atoms with van der Waals surface area (Å²) >= 11 is 0. The Kier molecular flexibility index (Phi) is 4.48. The molecule has 0 unspecified atom stereocenters. The van der Waals surface area contributed by atoms with Crippen molar-refractivity contribution in [2.75, 3.05) is 13.1 Å². The van der Waals surface area contributed by atoms with Crippen LogP contribution in [0.1, 0.15) is 70.8 Å². The second-order valence-corrected chi connectivity index (χ2v) is 8.99. The first kappa shape index (κ1) is 19.0. The molecular weight excluding hydrogens is 366 g/mol. The van der Waals surface area contributed by atoms with E-state index < -0.39 is 17.7 Å². The Morgan fingerprint density at radius 1 is 1.18 bits per heavy atom. The molecule has 4 rings (SSSR count). The van der Waals surface area contributed by atoms with E-state index in [-0.39, 0.29) is 24.0 Å². The second kappa shape index (κ2) is 6.61. The van der Waals surface area contributed by atoms with Crippen molar-refractivity contribution in [3.8, 4) is 0 Å². The summed E-state index contributed by atoms with van der Waals surface area (Å²) in [4.78, 5) is 28.0. The maximum atomic E-state index is 12.6. The fraction of sp³-hybridized carbons (Fsp3) is 0.778. The van der Waals surface area contributed by atoms with E-state index in [1.165, 1.54) is 0 Å². The number of carbonyl (C=O) groups excluding carboxylic acids is 2. The molecule has 10 nitrogen and oxygen atoms in total. The lowest BCUT2D eigenvalue weighted by Gasteiger charge is -2.28. The van der Waals surface area contributed by atoms with Gasteiger partial charge in [-0.2, -0.15) is 0 Å². The van der Waals surface area contributed by atoms with Gasteiger partial charge < -0.3 is 14.1 Å². The smallest absolute Gasteiger partial charge is 0.410 e. The lowest BCUT2D eigenvalue weighted by molar-refractivity contribution is -0.0584. The van der Waals surface area contributed by atoms with Crippen molar-refractivity contribution in [1.29, 1.82) is 0 Å². The minimum absolute atomic E-state index is 0.176. The Bertz CT molecular complexity index is 775. The van der Waals surface area contributed by atoms with Crippen LogP contribution in [0.5, 0.6) is 0 Å². The summed E-state index contributed by atoms with van der Waals surface area (Å²) in [6, 6.07) is -1.30. The summed E-state index contributed by atoms with van der Waals surface area (Å²) in [6.45, 7) is 8.57. The van der Waals surface area contributed by atoms with Gasteiger partial charge in [0.1, 0.15) is 17.7 Å². The molecule has 10 heteroatoms. The summed E-state index contributed by atoms with van der Waals surface area (Å²) in [5.74, 6) is 0.993. The minimum atomic E-state index is -0.585. The molecular formula is C18H27N5O5. The van der Waals surface area contributed by atoms with Gasteiger partial charge in [-0.3, -0.25) is 10.1 Å². The van der Waals surface area contributed by atoms with Gasteiger partial charge in [-0.15, -0.1) is 10.2 Å². The molecule has 1 N–H and O–H groups in total. The maximum absolute atomic E-state index is 12.6. The number of amides is 3. The van der Waals surface area contributed by atoms with Gasteiger partial charge in [0.2, 0.25) is 11.8 Å². The number of hydrogen-bond acceptors (Lipinski definition) is 7. The van der Waals surface area contributed by atoms with Gasteiger partial charge >= 0.3 is 12.1 Å². The highest BCUT2D eigenvalue weighted by molar-refractivity contribution is 5.76. The molecule has 3 amide bonds. The van der Waals surface area contributed by atoms with E-state index in [9.17, 15) is 14.8 Å². The minimum Gasteiger partial charge on any atom is -0.444 e. The monoisotopic (exact) mass is 393 g/mol. The van der Waals surface area contributed by atoms with Crippen molar-refractivity contribution in [3.63, 3.8) is 0 Å². The first-order valence-electron chi connectivity index (χ1n) is 9.75. The molecule has 0 radical (unpaired) electrons. The van der Waals surface area contributed by atoms with E-state index in [0.717, 1.165) is 5.06 Å². The third-order valence-electron chi connectivity index (χ3n) is 5.51.